The number of phenols is 1. The summed E-state index contributed by atoms with van der Waals surface area (Å²) in [6.07, 6.45) is 1.14. The molecule has 2 aromatic carbocycles. The van der Waals surface area contributed by atoms with Crippen molar-refractivity contribution in [1.82, 2.24) is 5.32 Å². The van der Waals surface area contributed by atoms with E-state index in [1.54, 1.807) is 24.3 Å². The Morgan fingerprint density at radius 3 is 2.30 bits per heavy atom. The van der Waals surface area contributed by atoms with Crippen molar-refractivity contribution >= 4 is 5.91 Å². The lowest BCUT2D eigenvalue weighted by molar-refractivity contribution is -0.132. The molecule has 23 heavy (non-hydrogen) atoms. The van der Waals surface area contributed by atoms with Gasteiger partial charge in [-0.15, -0.1) is 0 Å². The summed E-state index contributed by atoms with van der Waals surface area (Å²) in [7, 11) is 1.51. The van der Waals surface area contributed by atoms with Gasteiger partial charge in [0.15, 0.2) is 6.10 Å². The highest BCUT2D eigenvalue weighted by Gasteiger charge is 2.23. The molecule has 0 bridgehead atoms. The average molecular weight is 313 g/mol. The number of carbonyl (C=O) groups excluding carboxylic acids is 1. The van der Waals surface area contributed by atoms with E-state index in [1.807, 2.05) is 30.3 Å². The second-order valence-electron chi connectivity index (χ2n) is 5.47. The van der Waals surface area contributed by atoms with Crippen molar-refractivity contribution in [2.24, 2.45) is 0 Å². The van der Waals surface area contributed by atoms with Gasteiger partial charge in [-0.05, 0) is 29.7 Å². The summed E-state index contributed by atoms with van der Waals surface area (Å²) in [6.45, 7) is 2.09. The van der Waals surface area contributed by atoms with Crippen LogP contribution in [-0.4, -0.2) is 18.1 Å². The largest absolute Gasteiger partial charge is 0.508 e. The van der Waals surface area contributed by atoms with Crippen LogP contribution in [0.25, 0.3) is 0 Å². The van der Waals surface area contributed by atoms with Crippen molar-refractivity contribution in [3.05, 3.63) is 65.7 Å². The van der Waals surface area contributed by atoms with Crippen molar-refractivity contribution in [2.45, 2.75) is 31.9 Å². The molecule has 122 valence electrons. The second-order valence-corrected chi connectivity index (χ2v) is 5.47. The minimum Gasteiger partial charge on any atom is -0.508 e. The van der Waals surface area contributed by atoms with Gasteiger partial charge in [0, 0.05) is 7.11 Å². The molecule has 1 amide bonds. The smallest absolute Gasteiger partial charge is 0.254 e. The summed E-state index contributed by atoms with van der Waals surface area (Å²) in [6, 6.07) is 16.4. The van der Waals surface area contributed by atoms with Crippen LogP contribution in [0.2, 0.25) is 0 Å². The number of rotatable bonds is 7. The Bertz CT molecular complexity index is 610. The lowest BCUT2D eigenvalue weighted by Gasteiger charge is -2.22. The van der Waals surface area contributed by atoms with Crippen LogP contribution < -0.4 is 5.32 Å². The molecule has 4 nitrogen and oxygen atoms in total. The number of phenolic OH excluding ortho intramolecular Hbond substituents is 1. The van der Waals surface area contributed by atoms with Gasteiger partial charge < -0.3 is 15.2 Å². The zero-order valence-corrected chi connectivity index (χ0v) is 13.5. The van der Waals surface area contributed by atoms with Gasteiger partial charge in [-0.1, -0.05) is 55.8 Å². The molecule has 4 heteroatoms. The molecule has 0 saturated heterocycles. The summed E-state index contributed by atoms with van der Waals surface area (Å²) in [5, 5.41) is 12.4. The first-order valence-corrected chi connectivity index (χ1v) is 7.82. The molecule has 2 aromatic rings. The minimum absolute atomic E-state index is 0.0385. The van der Waals surface area contributed by atoms with E-state index in [0.29, 0.717) is 5.56 Å². The van der Waals surface area contributed by atoms with Gasteiger partial charge in [0.2, 0.25) is 0 Å². The van der Waals surface area contributed by atoms with Crippen molar-refractivity contribution in [3.63, 3.8) is 0 Å². The molecule has 2 unspecified atom stereocenters. The molecule has 0 aliphatic heterocycles. The lowest BCUT2D eigenvalue weighted by Crippen LogP contribution is -2.33. The summed E-state index contributed by atoms with van der Waals surface area (Å²) in [5.74, 6) is -0.0161. The molecule has 2 rings (SSSR count). The quantitative estimate of drug-likeness (QED) is 0.818. The molecule has 0 aliphatic rings. The first-order chi connectivity index (χ1) is 11.2. The van der Waals surface area contributed by atoms with Gasteiger partial charge in [0.25, 0.3) is 5.91 Å². The first kappa shape index (κ1) is 17.0. The van der Waals surface area contributed by atoms with Crippen molar-refractivity contribution in [3.8, 4) is 5.75 Å². The van der Waals surface area contributed by atoms with E-state index in [9.17, 15) is 9.90 Å². The maximum absolute atomic E-state index is 12.6. The van der Waals surface area contributed by atoms with Crippen molar-refractivity contribution in [1.29, 1.82) is 0 Å². The SMILES string of the molecule is CCCC(NC(=O)C(OC)c1ccc(O)cc1)c1ccccc1. The maximum atomic E-state index is 12.6. The summed E-state index contributed by atoms with van der Waals surface area (Å²) in [4.78, 5) is 12.6. The summed E-state index contributed by atoms with van der Waals surface area (Å²) >= 11 is 0. The first-order valence-electron chi connectivity index (χ1n) is 7.82. The van der Waals surface area contributed by atoms with Crippen LogP contribution in [-0.2, 0) is 9.53 Å². The molecular formula is C19H23NO3. The van der Waals surface area contributed by atoms with Crippen LogP contribution in [0.15, 0.2) is 54.6 Å². The molecule has 0 saturated carbocycles. The Labute approximate surface area is 137 Å². The van der Waals surface area contributed by atoms with Crippen LogP contribution in [0.5, 0.6) is 5.75 Å². The third-order valence-corrected chi connectivity index (χ3v) is 3.77. The molecule has 0 aromatic heterocycles. The highest BCUT2D eigenvalue weighted by atomic mass is 16.5. The average Bonchev–Trinajstić information content (AvgIpc) is 2.57. The normalized spacial score (nSPS) is 13.3. The monoisotopic (exact) mass is 313 g/mol. The number of methoxy groups -OCH3 is 1. The van der Waals surface area contributed by atoms with E-state index in [2.05, 4.69) is 12.2 Å². The third kappa shape index (κ3) is 4.57. The number of benzene rings is 2. The van der Waals surface area contributed by atoms with E-state index in [-0.39, 0.29) is 17.7 Å². The number of ether oxygens (including phenoxy) is 1. The fourth-order valence-corrected chi connectivity index (χ4v) is 2.59. The van der Waals surface area contributed by atoms with Crippen LogP contribution >= 0.6 is 0 Å². The fourth-order valence-electron chi connectivity index (χ4n) is 2.59. The number of carbonyl (C=O) groups is 1. The third-order valence-electron chi connectivity index (χ3n) is 3.77. The van der Waals surface area contributed by atoms with Crippen LogP contribution in [0.1, 0.15) is 43.0 Å². The highest BCUT2D eigenvalue weighted by Crippen LogP contribution is 2.23. The Morgan fingerprint density at radius 1 is 1.09 bits per heavy atom. The maximum Gasteiger partial charge on any atom is 0.254 e. The second kappa shape index (κ2) is 8.34. The zero-order valence-electron chi connectivity index (χ0n) is 13.5. The molecule has 0 aliphatic carbocycles. The number of hydrogen-bond donors (Lipinski definition) is 2. The van der Waals surface area contributed by atoms with E-state index >= 15 is 0 Å². The van der Waals surface area contributed by atoms with Gasteiger partial charge in [0.05, 0.1) is 6.04 Å². The molecule has 0 spiro atoms. The summed E-state index contributed by atoms with van der Waals surface area (Å²) in [5.41, 5.74) is 1.80. The molecule has 0 fully saturated rings. The van der Waals surface area contributed by atoms with Crippen molar-refractivity contribution in [2.75, 3.05) is 7.11 Å². The summed E-state index contributed by atoms with van der Waals surface area (Å²) < 4.78 is 5.36. The van der Waals surface area contributed by atoms with E-state index in [0.717, 1.165) is 18.4 Å². The lowest BCUT2D eigenvalue weighted by atomic mass is 10.0. The van der Waals surface area contributed by atoms with Gasteiger partial charge in [-0.3, -0.25) is 4.79 Å². The topological polar surface area (TPSA) is 58.6 Å². The number of nitrogens with one attached hydrogen (secondary N) is 1. The van der Waals surface area contributed by atoms with Crippen LogP contribution in [0, 0.1) is 0 Å². The molecule has 2 atom stereocenters. The minimum atomic E-state index is -0.696. The molecule has 0 radical (unpaired) electrons. The Morgan fingerprint density at radius 2 is 1.74 bits per heavy atom. The Hall–Kier alpha value is -2.33. The molecule has 0 heterocycles. The Balaban J connectivity index is 2.14. The number of aromatic hydroxyl groups is 1. The molecule has 2 N–H and O–H groups in total. The van der Waals surface area contributed by atoms with E-state index in [4.69, 9.17) is 4.74 Å². The number of hydrogen-bond acceptors (Lipinski definition) is 3. The van der Waals surface area contributed by atoms with Gasteiger partial charge in [0.1, 0.15) is 5.75 Å². The number of amides is 1. The van der Waals surface area contributed by atoms with Gasteiger partial charge >= 0.3 is 0 Å². The standard InChI is InChI=1S/C19H23NO3/c1-3-7-17(14-8-5-4-6-9-14)20-19(22)18(23-2)15-10-12-16(21)13-11-15/h4-6,8-13,17-18,21H,3,7H2,1-2H3,(H,20,22). The van der Waals surface area contributed by atoms with Crippen molar-refractivity contribution < 1.29 is 14.6 Å². The van der Waals surface area contributed by atoms with Gasteiger partial charge in [-0.25, -0.2) is 0 Å². The fraction of sp³-hybridized carbons (Fsp3) is 0.316. The predicted octanol–water partition coefficient (Wildman–Crippen LogP) is 3.74. The van der Waals surface area contributed by atoms with E-state index in [1.165, 1.54) is 7.11 Å². The molecular weight excluding hydrogens is 290 g/mol. The van der Waals surface area contributed by atoms with Gasteiger partial charge in [-0.2, -0.15) is 0 Å². The van der Waals surface area contributed by atoms with E-state index < -0.39 is 6.10 Å². The Kier molecular flexibility index (Phi) is 6.18. The predicted molar refractivity (Wildman–Crippen MR) is 90.1 cm³/mol. The van der Waals surface area contributed by atoms with Crippen LogP contribution in [0.3, 0.4) is 0 Å². The van der Waals surface area contributed by atoms with Crippen LogP contribution in [0.4, 0.5) is 0 Å². The zero-order chi connectivity index (χ0) is 16.7. The highest BCUT2D eigenvalue weighted by molar-refractivity contribution is 5.82.